The molecule has 0 radical (unpaired) electrons. The van der Waals surface area contributed by atoms with Crippen molar-refractivity contribution in [2.24, 2.45) is 0 Å². The van der Waals surface area contributed by atoms with Crippen LogP contribution in [0, 0.1) is 0 Å². The van der Waals surface area contributed by atoms with E-state index in [9.17, 15) is 14.4 Å². The molecule has 0 spiro atoms. The molecule has 1 amide bonds. The number of esters is 2. The predicted molar refractivity (Wildman–Crippen MR) is 111 cm³/mol. The number of carbonyl (C=O) groups excluding carboxylic acids is 3. The van der Waals surface area contributed by atoms with Gasteiger partial charge >= 0.3 is 11.9 Å². The summed E-state index contributed by atoms with van der Waals surface area (Å²) in [5, 5.41) is 20.1. The SMILES string of the molecule is CCCCCCC(OC(=O)c1ccc(/C=C/C(O)O)cc1)C(=O)NCC(=O)OCC. The summed E-state index contributed by atoms with van der Waals surface area (Å²) in [6.45, 7) is 3.68. The van der Waals surface area contributed by atoms with Crippen molar-refractivity contribution in [1.29, 1.82) is 0 Å². The normalized spacial score (nSPS) is 12.0. The van der Waals surface area contributed by atoms with E-state index < -0.39 is 30.2 Å². The second-order valence-electron chi connectivity index (χ2n) is 6.66. The highest BCUT2D eigenvalue weighted by atomic mass is 16.5. The number of rotatable bonds is 13. The Hall–Kier alpha value is -2.71. The van der Waals surface area contributed by atoms with Gasteiger partial charge in [0.25, 0.3) is 5.91 Å². The molecule has 8 nitrogen and oxygen atoms in total. The van der Waals surface area contributed by atoms with Gasteiger partial charge in [0.2, 0.25) is 0 Å². The highest BCUT2D eigenvalue weighted by molar-refractivity contribution is 5.93. The molecule has 0 aliphatic rings. The lowest BCUT2D eigenvalue weighted by atomic mass is 10.1. The number of ether oxygens (including phenoxy) is 2. The van der Waals surface area contributed by atoms with Crippen molar-refractivity contribution in [2.45, 2.75) is 58.3 Å². The van der Waals surface area contributed by atoms with Crippen LogP contribution < -0.4 is 5.32 Å². The quantitative estimate of drug-likeness (QED) is 0.253. The van der Waals surface area contributed by atoms with Crippen molar-refractivity contribution in [3.8, 4) is 0 Å². The van der Waals surface area contributed by atoms with Gasteiger partial charge in [-0.3, -0.25) is 9.59 Å². The summed E-state index contributed by atoms with van der Waals surface area (Å²) in [4.78, 5) is 36.4. The molecule has 0 aromatic heterocycles. The summed E-state index contributed by atoms with van der Waals surface area (Å²) in [6, 6.07) is 6.28. The highest BCUT2D eigenvalue weighted by Crippen LogP contribution is 2.13. The van der Waals surface area contributed by atoms with Crippen LogP contribution in [0.4, 0.5) is 0 Å². The van der Waals surface area contributed by atoms with E-state index in [0.717, 1.165) is 19.3 Å². The van der Waals surface area contributed by atoms with Gasteiger partial charge in [0.15, 0.2) is 12.4 Å². The maximum atomic E-state index is 12.5. The zero-order valence-corrected chi connectivity index (χ0v) is 17.5. The van der Waals surface area contributed by atoms with Crippen LogP contribution in [0.5, 0.6) is 0 Å². The molecule has 1 unspecified atom stereocenters. The Kier molecular flexibility index (Phi) is 12.1. The molecule has 3 N–H and O–H groups in total. The highest BCUT2D eigenvalue weighted by Gasteiger charge is 2.24. The Morgan fingerprint density at radius 2 is 1.77 bits per heavy atom. The lowest BCUT2D eigenvalue weighted by Gasteiger charge is -2.17. The second kappa shape index (κ2) is 14.3. The van der Waals surface area contributed by atoms with E-state index in [-0.39, 0.29) is 18.7 Å². The predicted octanol–water partition coefficient (Wildman–Crippen LogP) is 2.19. The Balaban J connectivity index is 2.74. The first kappa shape index (κ1) is 25.3. The minimum Gasteiger partial charge on any atom is -0.465 e. The molecule has 0 bridgehead atoms. The van der Waals surface area contributed by atoms with Crippen molar-refractivity contribution >= 4 is 23.9 Å². The van der Waals surface area contributed by atoms with Crippen LogP contribution in [0.3, 0.4) is 0 Å². The third-order valence-corrected chi connectivity index (χ3v) is 4.18. The molecular formula is C22H31NO7. The largest absolute Gasteiger partial charge is 0.465 e. The van der Waals surface area contributed by atoms with Crippen molar-refractivity contribution in [3.05, 3.63) is 41.5 Å². The monoisotopic (exact) mass is 421 g/mol. The number of unbranched alkanes of at least 4 members (excludes halogenated alkanes) is 3. The number of aliphatic hydroxyl groups excluding tert-OH is 1. The van der Waals surface area contributed by atoms with Gasteiger partial charge in [-0.15, -0.1) is 0 Å². The average Bonchev–Trinajstić information content (AvgIpc) is 2.73. The topological polar surface area (TPSA) is 122 Å². The van der Waals surface area contributed by atoms with E-state index in [2.05, 4.69) is 12.2 Å². The fraction of sp³-hybridized carbons (Fsp3) is 0.500. The Morgan fingerprint density at radius 1 is 1.07 bits per heavy atom. The number of carbonyl (C=O) groups is 3. The fourth-order valence-electron chi connectivity index (χ4n) is 2.61. The number of nitrogens with one attached hydrogen (secondary N) is 1. The maximum absolute atomic E-state index is 12.5. The average molecular weight is 421 g/mol. The smallest absolute Gasteiger partial charge is 0.338 e. The lowest BCUT2D eigenvalue weighted by molar-refractivity contribution is -0.144. The third kappa shape index (κ3) is 10.2. The number of hydrogen-bond acceptors (Lipinski definition) is 7. The summed E-state index contributed by atoms with van der Waals surface area (Å²) in [7, 11) is 0. The van der Waals surface area contributed by atoms with Gasteiger partial charge in [0, 0.05) is 0 Å². The van der Waals surface area contributed by atoms with E-state index >= 15 is 0 Å². The molecule has 1 rings (SSSR count). The van der Waals surface area contributed by atoms with Crippen LogP contribution in [0.15, 0.2) is 30.3 Å². The maximum Gasteiger partial charge on any atom is 0.338 e. The van der Waals surface area contributed by atoms with E-state index in [4.69, 9.17) is 19.7 Å². The molecule has 0 aliphatic heterocycles. The summed E-state index contributed by atoms with van der Waals surface area (Å²) in [5.74, 6) is -1.75. The fourth-order valence-corrected chi connectivity index (χ4v) is 2.61. The van der Waals surface area contributed by atoms with Crippen LogP contribution in [-0.4, -0.2) is 53.6 Å². The summed E-state index contributed by atoms with van der Waals surface area (Å²) in [5.41, 5.74) is 0.927. The van der Waals surface area contributed by atoms with Crippen molar-refractivity contribution in [2.75, 3.05) is 13.2 Å². The number of hydrogen-bond donors (Lipinski definition) is 3. The molecule has 0 saturated carbocycles. The molecule has 1 atom stereocenters. The van der Waals surface area contributed by atoms with E-state index in [1.54, 1.807) is 19.1 Å². The molecule has 30 heavy (non-hydrogen) atoms. The molecule has 0 saturated heterocycles. The van der Waals surface area contributed by atoms with Gasteiger partial charge in [0.1, 0.15) is 6.54 Å². The summed E-state index contributed by atoms with van der Waals surface area (Å²) < 4.78 is 10.2. The lowest BCUT2D eigenvalue weighted by Crippen LogP contribution is -2.40. The van der Waals surface area contributed by atoms with Crippen molar-refractivity contribution in [1.82, 2.24) is 5.32 Å². The summed E-state index contributed by atoms with van der Waals surface area (Å²) in [6.07, 6.45) is 4.15. The van der Waals surface area contributed by atoms with Gasteiger partial charge in [-0.05, 0) is 43.5 Å². The van der Waals surface area contributed by atoms with E-state index in [1.807, 2.05) is 0 Å². The zero-order valence-electron chi connectivity index (χ0n) is 17.5. The van der Waals surface area contributed by atoms with Gasteiger partial charge < -0.3 is 25.0 Å². The number of amides is 1. The van der Waals surface area contributed by atoms with Crippen LogP contribution in [0.25, 0.3) is 6.08 Å². The number of benzene rings is 1. The molecule has 0 heterocycles. The molecule has 0 aliphatic carbocycles. The molecule has 1 aromatic rings. The Bertz CT molecular complexity index is 698. The van der Waals surface area contributed by atoms with E-state index in [1.165, 1.54) is 24.3 Å². The van der Waals surface area contributed by atoms with Crippen molar-refractivity contribution in [3.63, 3.8) is 0 Å². The molecule has 166 valence electrons. The van der Waals surface area contributed by atoms with Crippen LogP contribution in [-0.2, 0) is 19.1 Å². The van der Waals surface area contributed by atoms with Crippen molar-refractivity contribution < 1.29 is 34.1 Å². The van der Waals surface area contributed by atoms with Crippen LogP contribution in [0.2, 0.25) is 0 Å². The summed E-state index contributed by atoms with van der Waals surface area (Å²) >= 11 is 0. The van der Waals surface area contributed by atoms with Gasteiger partial charge in [-0.1, -0.05) is 44.4 Å². The first-order valence-corrected chi connectivity index (χ1v) is 10.2. The first-order chi connectivity index (χ1) is 14.4. The first-order valence-electron chi connectivity index (χ1n) is 10.2. The van der Waals surface area contributed by atoms with E-state index in [0.29, 0.717) is 18.4 Å². The van der Waals surface area contributed by atoms with Crippen LogP contribution >= 0.6 is 0 Å². The molecule has 1 aromatic carbocycles. The third-order valence-electron chi connectivity index (χ3n) is 4.18. The molecular weight excluding hydrogens is 390 g/mol. The minimum absolute atomic E-state index is 0.215. The zero-order chi connectivity index (χ0) is 22.4. The number of aliphatic hydroxyl groups is 2. The Morgan fingerprint density at radius 3 is 2.37 bits per heavy atom. The van der Waals surface area contributed by atoms with Gasteiger partial charge in [-0.25, -0.2) is 4.79 Å². The molecule has 0 fully saturated rings. The van der Waals surface area contributed by atoms with Gasteiger partial charge in [0.05, 0.1) is 12.2 Å². The van der Waals surface area contributed by atoms with Crippen LogP contribution in [0.1, 0.15) is 61.9 Å². The standard InChI is InChI=1S/C22H31NO7/c1-3-5-6-7-8-18(21(27)23-15-20(26)29-4-2)30-22(28)17-12-9-16(10-13-17)11-14-19(24)25/h9-14,18-19,24-25H,3-8,15H2,1-2H3,(H,23,27)/b14-11+. The minimum atomic E-state index is -1.56. The Labute approximate surface area is 176 Å². The second-order valence-corrected chi connectivity index (χ2v) is 6.66. The van der Waals surface area contributed by atoms with Gasteiger partial charge in [-0.2, -0.15) is 0 Å². The molecule has 8 heteroatoms.